The number of para-hydroxylation sites is 1. The SMILES string of the molecule is CC(=O)OCCCc1oc2c(OCC(=O)O)cccc2c1CCO. The van der Waals surface area contributed by atoms with E-state index in [2.05, 4.69) is 0 Å². The Balaban J connectivity index is 2.25. The van der Waals surface area contributed by atoms with Crippen LogP contribution < -0.4 is 4.74 Å². The van der Waals surface area contributed by atoms with Crippen molar-refractivity contribution in [3.05, 3.63) is 29.5 Å². The molecule has 1 aromatic heterocycles. The van der Waals surface area contributed by atoms with Crippen LogP contribution >= 0.6 is 0 Å². The van der Waals surface area contributed by atoms with Gasteiger partial charge in [0.1, 0.15) is 5.76 Å². The van der Waals surface area contributed by atoms with Crippen molar-refractivity contribution in [2.45, 2.75) is 26.2 Å². The predicted octanol–water partition coefficient (Wildman–Crippen LogP) is 1.93. The first kappa shape index (κ1) is 17.8. The van der Waals surface area contributed by atoms with Crippen LogP contribution in [0, 0.1) is 0 Å². The van der Waals surface area contributed by atoms with E-state index < -0.39 is 12.6 Å². The zero-order valence-corrected chi connectivity index (χ0v) is 13.4. The minimum Gasteiger partial charge on any atom is -0.479 e. The van der Waals surface area contributed by atoms with Crippen LogP contribution in [0.3, 0.4) is 0 Å². The Morgan fingerprint density at radius 3 is 2.71 bits per heavy atom. The third kappa shape index (κ3) is 4.48. The molecule has 0 fully saturated rings. The van der Waals surface area contributed by atoms with Gasteiger partial charge in [-0.2, -0.15) is 0 Å². The molecule has 0 amide bonds. The summed E-state index contributed by atoms with van der Waals surface area (Å²) in [5.74, 6) is -0.381. The quantitative estimate of drug-likeness (QED) is 0.532. The van der Waals surface area contributed by atoms with Crippen molar-refractivity contribution in [3.8, 4) is 5.75 Å². The number of carbonyl (C=O) groups is 2. The zero-order valence-electron chi connectivity index (χ0n) is 13.4. The third-order valence-corrected chi connectivity index (χ3v) is 3.43. The summed E-state index contributed by atoms with van der Waals surface area (Å²) in [6.45, 7) is 1.14. The number of aliphatic carboxylic acids is 1. The molecule has 1 heterocycles. The molecular formula is C17H20O7. The van der Waals surface area contributed by atoms with E-state index in [9.17, 15) is 14.7 Å². The summed E-state index contributed by atoms with van der Waals surface area (Å²) < 4.78 is 16.0. The number of aliphatic hydroxyl groups excluding tert-OH is 1. The number of hydrogen-bond donors (Lipinski definition) is 2. The van der Waals surface area contributed by atoms with Crippen molar-refractivity contribution in [2.75, 3.05) is 19.8 Å². The maximum absolute atomic E-state index is 10.8. The van der Waals surface area contributed by atoms with Gasteiger partial charge in [0.15, 0.2) is 17.9 Å². The Bertz CT molecular complexity index is 717. The largest absolute Gasteiger partial charge is 0.479 e. The van der Waals surface area contributed by atoms with Crippen molar-refractivity contribution < 1.29 is 33.7 Å². The number of rotatable bonds is 9. The van der Waals surface area contributed by atoms with E-state index >= 15 is 0 Å². The Morgan fingerprint density at radius 2 is 2.04 bits per heavy atom. The van der Waals surface area contributed by atoms with Gasteiger partial charge in [0.05, 0.1) is 6.61 Å². The van der Waals surface area contributed by atoms with Crippen LogP contribution in [-0.2, 0) is 27.2 Å². The van der Waals surface area contributed by atoms with Gasteiger partial charge in [0, 0.05) is 30.9 Å². The van der Waals surface area contributed by atoms with Crippen LogP contribution in [0.15, 0.2) is 22.6 Å². The summed E-state index contributed by atoms with van der Waals surface area (Å²) in [7, 11) is 0. The Kier molecular flexibility index (Phi) is 6.20. The van der Waals surface area contributed by atoms with E-state index in [0.29, 0.717) is 36.4 Å². The van der Waals surface area contributed by atoms with Crippen LogP contribution in [-0.4, -0.2) is 42.0 Å². The summed E-state index contributed by atoms with van der Waals surface area (Å²) in [5.41, 5.74) is 1.32. The van der Waals surface area contributed by atoms with Crippen LogP contribution in [0.1, 0.15) is 24.7 Å². The van der Waals surface area contributed by atoms with Gasteiger partial charge in [-0.05, 0) is 18.9 Å². The molecule has 0 aliphatic carbocycles. The van der Waals surface area contributed by atoms with Crippen LogP contribution in [0.5, 0.6) is 5.75 Å². The highest BCUT2D eigenvalue weighted by Gasteiger charge is 2.17. The molecule has 0 aliphatic rings. The Hall–Kier alpha value is -2.54. The second kappa shape index (κ2) is 8.35. The number of esters is 1. The highest BCUT2D eigenvalue weighted by molar-refractivity contribution is 5.87. The minimum atomic E-state index is -1.07. The summed E-state index contributed by atoms with van der Waals surface area (Å²) in [6.07, 6.45) is 1.54. The van der Waals surface area contributed by atoms with Gasteiger partial charge in [0.2, 0.25) is 0 Å². The van der Waals surface area contributed by atoms with E-state index in [1.165, 1.54) is 6.92 Å². The predicted molar refractivity (Wildman–Crippen MR) is 85.1 cm³/mol. The second-order valence-electron chi connectivity index (χ2n) is 5.24. The standard InChI is InChI=1S/C17H20O7/c1-11(19)22-9-3-6-14-12(7-8-18)13-4-2-5-15(17(13)24-14)23-10-16(20)21/h2,4-5,18H,3,6-10H2,1H3,(H,20,21). The van der Waals surface area contributed by atoms with Gasteiger partial charge in [-0.1, -0.05) is 12.1 Å². The molecule has 7 heteroatoms. The average molecular weight is 336 g/mol. The number of benzene rings is 1. The number of carbonyl (C=O) groups excluding carboxylic acids is 1. The fourth-order valence-electron chi connectivity index (χ4n) is 2.48. The molecule has 130 valence electrons. The fourth-order valence-corrected chi connectivity index (χ4v) is 2.48. The second-order valence-corrected chi connectivity index (χ2v) is 5.24. The van der Waals surface area contributed by atoms with E-state index in [-0.39, 0.29) is 19.2 Å². The van der Waals surface area contributed by atoms with Crippen molar-refractivity contribution >= 4 is 22.9 Å². The highest BCUT2D eigenvalue weighted by Crippen LogP contribution is 2.33. The molecule has 24 heavy (non-hydrogen) atoms. The van der Waals surface area contributed by atoms with Crippen LogP contribution in [0.2, 0.25) is 0 Å². The number of ether oxygens (including phenoxy) is 2. The normalized spacial score (nSPS) is 10.8. The van der Waals surface area contributed by atoms with Crippen molar-refractivity contribution in [2.24, 2.45) is 0 Å². The molecule has 0 saturated heterocycles. The van der Waals surface area contributed by atoms with Crippen molar-refractivity contribution in [1.29, 1.82) is 0 Å². The Morgan fingerprint density at radius 1 is 1.25 bits per heavy atom. The number of carboxylic acids is 1. The smallest absolute Gasteiger partial charge is 0.341 e. The van der Waals surface area contributed by atoms with Crippen molar-refractivity contribution in [1.82, 2.24) is 0 Å². The molecule has 0 atom stereocenters. The van der Waals surface area contributed by atoms with Gasteiger partial charge in [-0.25, -0.2) is 4.79 Å². The molecule has 0 radical (unpaired) electrons. The third-order valence-electron chi connectivity index (χ3n) is 3.43. The molecule has 0 saturated carbocycles. The summed E-state index contributed by atoms with van der Waals surface area (Å²) in [4.78, 5) is 21.5. The fraction of sp³-hybridized carbons (Fsp3) is 0.412. The minimum absolute atomic E-state index is 0.0359. The number of fused-ring (bicyclic) bond motifs is 1. The topological polar surface area (TPSA) is 106 Å². The molecule has 7 nitrogen and oxygen atoms in total. The number of aliphatic hydroxyl groups is 1. The number of furan rings is 1. The van der Waals surface area contributed by atoms with Gasteiger partial charge in [-0.3, -0.25) is 4.79 Å². The summed E-state index contributed by atoms with van der Waals surface area (Å²) >= 11 is 0. The lowest BCUT2D eigenvalue weighted by molar-refractivity contribution is -0.141. The highest BCUT2D eigenvalue weighted by atomic mass is 16.5. The first-order valence-electron chi connectivity index (χ1n) is 7.65. The number of carboxylic acid groups (broad SMARTS) is 1. The zero-order chi connectivity index (χ0) is 17.5. The van der Waals surface area contributed by atoms with E-state index in [0.717, 1.165) is 10.9 Å². The van der Waals surface area contributed by atoms with Gasteiger partial charge in [-0.15, -0.1) is 0 Å². The molecular weight excluding hydrogens is 316 g/mol. The first-order valence-corrected chi connectivity index (χ1v) is 7.65. The molecule has 0 spiro atoms. The maximum Gasteiger partial charge on any atom is 0.341 e. The monoisotopic (exact) mass is 336 g/mol. The lowest BCUT2D eigenvalue weighted by Crippen LogP contribution is -2.09. The summed E-state index contributed by atoms with van der Waals surface area (Å²) in [5, 5.41) is 18.8. The number of hydrogen-bond acceptors (Lipinski definition) is 6. The van der Waals surface area contributed by atoms with Gasteiger partial charge in [0.25, 0.3) is 0 Å². The number of aryl methyl sites for hydroxylation is 1. The van der Waals surface area contributed by atoms with E-state index in [4.69, 9.17) is 19.0 Å². The molecule has 2 rings (SSSR count). The van der Waals surface area contributed by atoms with Crippen molar-refractivity contribution in [3.63, 3.8) is 0 Å². The van der Waals surface area contributed by atoms with Gasteiger partial charge >= 0.3 is 11.9 Å². The van der Waals surface area contributed by atoms with E-state index in [1.54, 1.807) is 12.1 Å². The average Bonchev–Trinajstić information content (AvgIpc) is 2.88. The lowest BCUT2D eigenvalue weighted by Gasteiger charge is -2.03. The maximum atomic E-state index is 10.8. The first-order chi connectivity index (χ1) is 11.5. The molecule has 1 aromatic carbocycles. The van der Waals surface area contributed by atoms with Crippen LogP contribution in [0.4, 0.5) is 0 Å². The van der Waals surface area contributed by atoms with Crippen LogP contribution in [0.25, 0.3) is 11.0 Å². The van der Waals surface area contributed by atoms with E-state index in [1.807, 2.05) is 6.07 Å². The van der Waals surface area contributed by atoms with Gasteiger partial charge < -0.3 is 24.1 Å². The molecule has 0 aliphatic heterocycles. The lowest BCUT2D eigenvalue weighted by atomic mass is 10.1. The molecule has 2 aromatic rings. The molecule has 0 bridgehead atoms. The Labute approximate surface area is 138 Å². The molecule has 2 N–H and O–H groups in total. The summed E-state index contributed by atoms with van der Waals surface area (Å²) in [6, 6.07) is 5.23. The molecule has 0 unspecified atom stereocenters.